The quantitative estimate of drug-likeness (QED) is 0.167. The summed E-state index contributed by atoms with van der Waals surface area (Å²) in [5, 5.41) is 9.74. The first-order valence-corrected chi connectivity index (χ1v) is 16.3. The zero-order valence-corrected chi connectivity index (χ0v) is 25.3. The summed E-state index contributed by atoms with van der Waals surface area (Å²) < 4.78 is 12.0. The second kappa shape index (κ2) is 18.8. The summed E-state index contributed by atoms with van der Waals surface area (Å²) in [5.74, 6) is 2.46. The standard InChI is InChI=1S/C36H54O4/c1-3-5-7-9-11-14-29-16-18-30(19-17-29)15-13-27-39-32-22-20-31(21-23-32)35-28-33(24-25-34(35)36(37)38)40-26-12-10-8-6-4-2/h20-25,28-30H,3-19,26-27H2,1-2H3,(H,37,38). The minimum atomic E-state index is -0.928. The second-order valence-corrected chi connectivity index (χ2v) is 11.9. The number of hydrogen-bond donors (Lipinski definition) is 1. The van der Waals surface area contributed by atoms with Crippen LogP contribution in [0.25, 0.3) is 11.1 Å². The van der Waals surface area contributed by atoms with Crippen molar-refractivity contribution in [1.82, 2.24) is 0 Å². The fourth-order valence-electron chi connectivity index (χ4n) is 6.07. The van der Waals surface area contributed by atoms with Crippen LogP contribution in [-0.4, -0.2) is 24.3 Å². The van der Waals surface area contributed by atoms with Crippen molar-refractivity contribution >= 4 is 5.97 Å². The summed E-state index contributed by atoms with van der Waals surface area (Å²) in [7, 11) is 0. The molecule has 0 heterocycles. The van der Waals surface area contributed by atoms with Crippen LogP contribution in [0.1, 0.15) is 133 Å². The molecule has 1 saturated carbocycles. The lowest BCUT2D eigenvalue weighted by Gasteiger charge is -2.28. The van der Waals surface area contributed by atoms with E-state index in [9.17, 15) is 9.90 Å². The van der Waals surface area contributed by atoms with Crippen molar-refractivity contribution in [2.75, 3.05) is 13.2 Å². The highest BCUT2D eigenvalue weighted by Crippen LogP contribution is 2.34. The maximum Gasteiger partial charge on any atom is 0.336 e. The number of carbonyl (C=O) groups is 1. The van der Waals surface area contributed by atoms with Crippen molar-refractivity contribution in [3.63, 3.8) is 0 Å². The fraction of sp³-hybridized carbons (Fsp3) is 0.639. The summed E-state index contributed by atoms with van der Waals surface area (Å²) in [5.41, 5.74) is 1.83. The number of aromatic carboxylic acids is 1. The van der Waals surface area contributed by atoms with Gasteiger partial charge in [-0.25, -0.2) is 4.79 Å². The molecule has 222 valence electrons. The molecule has 1 aliphatic carbocycles. The molecule has 0 radical (unpaired) electrons. The van der Waals surface area contributed by atoms with Gasteiger partial charge in [0.25, 0.3) is 0 Å². The number of ether oxygens (including phenoxy) is 2. The summed E-state index contributed by atoms with van der Waals surface area (Å²) in [6.45, 7) is 5.89. The largest absolute Gasteiger partial charge is 0.494 e. The SMILES string of the molecule is CCCCCCCOc1ccc(C(=O)O)c(-c2ccc(OCCCC3CCC(CCCCCCC)CC3)cc2)c1. The van der Waals surface area contributed by atoms with Gasteiger partial charge in [0.2, 0.25) is 0 Å². The molecule has 1 fully saturated rings. The van der Waals surface area contributed by atoms with Crippen molar-refractivity contribution in [2.24, 2.45) is 11.8 Å². The Bertz CT molecular complexity index is 959. The molecular weight excluding hydrogens is 496 g/mol. The Kier molecular flexibility index (Phi) is 15.0. The summed E-state index contributed by atoms with van der Waals surface area (Å²) in [4.78, 5) is 11.9. The Hall–Kier alpha value is -2.49. The molecule has 0 aromatic heterocycles. The topological polar surface area (TPSA) is 55.8 Å². The van der Waals surface area contributed by atoms with E-state index in [1.807, 2.05) is 30.3 Å². The number of rotatable bonds is 20. The van der Waals surface area contributed by atoms with Crippen LogP contribution in [0, 0.1) is 11.8 Å². The summed E-state index contributed by atoms with van der Waals surface area (Å²) >= 11 is 0. The third-order valence-corrected chi connectivity index (χ3v) is 8.61. The minimum Gasteiger partial charge on any atom is -0.494 e. The van der Waals surface area contributed by atoms with Gasteiger partial charge in [0.15, 0.2) is 0 Å². The molecule has 0 spiro atoms. The van der Waals surface area contributed by atoms with E-state index in [1.165, 1.54) is 89.9 Å². The third-order valence-electron chi connectivity index (χ3n) is 8.61. The summed E-state index contributed by atoms with van der Waals surface area (Å²) in [6.07, 6.45) is 22.3. The lowest BCUT2D eigenvalue weighted by Crippen LogP contribution is -2.15. The van der Waals surface area contributed by atoms with Gasteiger partial charge < -0.3 is 14.6 Å². The van der Waals surface area contributed by atoms with E-state index >= 15 is 0 Å². The maximum atomic E-state index is 11.9. The van der Waals surface area contributed by atoms with Crippen LogP contribution in [0.5, 0.6) is 11.5 Å². The Balaban J connectivity index is 1.39. The molecule has 2 aromatic carbocycles. The second-order valence-electron chi connectivity index (χ2n) is 11.9. The number of carboxylic acid groups (broad SMARTS) is 1. The van der Waals surface area contributed by atoms with Crippen molar-refractivity contribution in [3.8, 4) is 22.6 Å². The predicted octanol–water partition coefficient (Wildman–Crippen LogP) is 10.7. The third kappa shape index (κ3) is 11.6. The van der Waals surface area contributed by atoms with Gasteiger partial charge in [-0.3, -0.25) is 0 Å². The van der Waals surface area contributed by atoms with Crippen molar-refractivity contribution in [1.29, 1.82) is 0 Å². The van der Waals surface area contributed by atoms with Crippen molar-refractivity contribution in [3.05, 3.63) is 48.0 Å². The average molecular weight is 551 g/mol. The molecule has 1 N–H and O–H groups in total. The molecule has 3 rings (SSSR count). The van der Waals surface area contributed by atoms with E-state index in [0.29, 0.717) is 12.2 Å². The van der Waals surface area contributed by atoms with Crippen LogP contribution in [0.4, 0.5) is 0 Å². The Morgan fingerprint density at radius 2 is 1.20 bits per heavy atom. The van der Waals surface area contributed by atoms with Crippen molar-refractivity contribution in [2.45, 2.75) is 123 Å². The molecule has 40 heavy (non-hydrogen) atoms. The molecule has 0 atom stereocenters. The smallest absolute Gasteiger partial charge is 0.336 e. The molecule has 2 aromatic rings. The highest BCUT2D eigenvalue weighted by Gasteiger charge is 2.20. The molecule has 4 nitrogen and oxygen atoms in total. The maximum absolute atomic E-state index is 11.9. The highest BCUT2D eigenvalue weighted by molar-refractivity contribution is 5.96. The average Bonchev–Trinajstić information content (AvgIpc) is 2.98. The molecule has 4 heteroatoms. The summed E-state index contributed by atoms with van der Waals surface area (Å²) in [6, 6.07) is 13.1. The van der Waals surface area contributed by atoms with Crippen LogP contribution < -0.4 is 9.47 Å². The molecule has 0 saturated heterocycles. The Labute approximate surface area is 243 Å². The molecule has 0 aliphatic heterocycles. The monoisotopic (exact) mass is 550 g/mol. The van der Waals surface area contributed by atoms with E-state index in [-0.39, 0.29) is 5.56 Å². The van der Waals surface area contributed by atoms with Crippen LogP contribution in [0.15, 0.2) is 42.5 Å². The first kappa shape index (κ1) is 32.0. The molecular formula is C36H54O4. The van der Waals surface area contributed by atoms with E-state index in [2.05, 4.69) is 13.8 Å². The van der Waals surface area contributed by atoms with Gasteiger partial charge in [-0.2, -0.15) is 0 Å². The molecule has 1 aliphatic rings. The van der Waals surface area contributed by atoms with Crippen LogP contribution in [-0.2, 0) is 0 Å². The van der Waals surface area contributed by atoms with E-state index in [4.69, 9.17) is 9.47 Å². The fourth-order valence-corrected chi connectivity index (χ4v) is 6.07. The minimum absolute atomic E-state index is 0.287. The molecule has 0 unspecified atom stereocenters. The van der Waals surface area contributed by atoms with Gasteiger partial charge in [0.05, 0.1) is 18.8 Å². The van der Waals surface area contributed by atoms with Gasteiger partial charge >= 0.3 is 5.97 Å². The van der Waals surface area contributed by atoms with E-state index < -0.39 is 5.97 Å². The molecule has 0 bridgehead atoms. The van der Waals surface area contributed by atoms with Gasteiger partial charge in [-0.1, -0.05) is 116 Å². The van der Waals surface area contributed by atoms with E-state index in [0.717, 1.165) is 54.8 Å². The Morgan fingerprint density at radius 1 is 0.675 bits per heavy atom. The number of carboxylic acids is 1. The van der Waals surface area contributed by atoms with Gasteiger partial charge in [0.1, 0.15) is 11.5 Å². The number of unbranched alkanes of at least 4 members (excludes halogenated alkanes) is 8. The highest BCUT2D eigenvalue weighted by atomic mass is 16.5. The number of hydrogen-bond acceptors (Lipinski definition) is 3. The van der Waals surface area contributed by atoms with Crippen LogP contribution in [0.3, 0.4) is 0 Å². The normalized spacial score (nSPS) is 17.1. The lowest BCUT2D eigenvalue weighted by molar-refractivity contribution is 0.0697. The van der Waals surface area contributed by atoms with Crippen LogP contribution in [0.2, 0.25) is 0 Å². The van der Waals surface area contributed by atoms with Crippen molar-refractivity contribution < 1.29 is 19.4 Å². The predicted molar refractivity (Wildman–Crippen MR) is 167 cm³/mol. The van der Waals surface area contributed by atoms with Gasteiger partial charge in [0, 0.05) is 0 Å². The number of benzene rings is 2. The first-order valence-electron chi connectivity index (χ1n) is 16.3. The lowest BCUT2D eigenvalue weighted by atomic mass is 9.78. The zero-order valence-electron chi connectivity index (χ0n) is 25.3. The van der Waals surface area contributed by atoms with Gasteiger partial charge in [-0.15, -0.1) is 0 Å². The zero-order chi connectivity index (χ0) is 28.4. The van der Waals surface area contributed by atoms with Crippen LogP contribution >= 0.6 is 0 Å². The van der Waals surface area contributed by atoms with Gasteiger partial charge in [-0.05, 0) is 72.6 Å². The van der Waals surface area contributed by atoms with E-state index in [1.54, 1.807) is 12.1 Å². The molecule has 0 amide bonds. The Morgan fingerprint density at radius 3 is 1.82 bits per heavy atom. The first-order chi connectivity index (χ1) is 19.6.